The molecule has 0 aromatic heterocycles. The molecule has 0 saturated heterocycles. The summed E-state index contributed by atoms with van der Waals surface area (Å²) in [6, 6.07) is 6.33. The molecular formula is C18H27N3O6. The van der Waals surface area contributed by atoms with E-state index < -0.39 is 36.4 Å². The number of oxime groups is 1. The Labute approximate surface area is 158 Å². The molecule has 0 fully saturated rings. The average molecular weight is 381 g/mol. The number of amidine groups is 1. The first-order chi connectivity index (χ1) is 12.5. The minimum Gasteiger partial charge on any atom is -0.479 e. The van der Waals surface area contributed by atoms with Gasteiger partial charge in [0.05, 0.1) is 12.1 Å². The lowest BCUT2D eigenvalue weighted by molar-refractivity contribution is -0.142. The highest BCUT2D eigenvalue weighted by Crippen LogP contribution is 2.14. The first-order valence-corrected chi connectivity index (χ1v) is 8.41. The number of aliphatic hydroxyl groups is 1. The van der Waals surface area contributed by atoms with E-state index >= 15 is 0 Å². The number of nitrogens with zero attached hydrogens (tertiary/aromatic N) is 1. The average Bonchev–Trinajstić information content (AvgIpc) is 2.52. The van der Waals surface area contributed by atoms with E-state index in [1.807, 2.05) is 0 Å². The van der Waals surface area contributed by atoms with Crippen molar-refractivity contribution in [3.05, 3.63) is 35.4 Å². The maximum Gasteiger partial charge on any atom is 0.408 e. The van der Waals surface area contributed by atoms with Crippen LogP contribution in [0.4, 0.5) is 4.79 Å². The summed E-state index contributed by atoms with van der Waals surface area (Å²) in [5.74, 6) is -1.29. The highest BCUT2D eigenvalue weighted by atomic mass is 16.6. The number of carbonyl (C=O) groups excluding carboxylic acids is 1. The van der Waals surface area contributed by atoms with Crippen LogP contribution in [0.1, 0.15) is 44.9 Å². The molecule has 1 amide bonds. The molecule has 1 rings (SSSR count). The molecule has 27 heavy (non-hydrogen) atoms. The molecule has 0 aliphatic heterocycles. The van der Waals surface area contributed by atoms with Crippen LogP contribution >= 0.6 is 0 Å². The van der Waals surface area contributed by atoms with Gasteiger partial charge in [-0.2, -0.15) is 0 Å². The van der Waals surface area contributed by atoms with E-state index in [2.05, 4.69) is 15.3 Å². The molecule has 0 bridgehead atoms. The van der Waals surface area contributed by atoms with Gasteiger partial charge in [-0.15, -0.1) is 0 Å². The lowest BCUT2D eigenvalue weighted by atomic mass is 10.0. The number of rotatable bonds is 8. The Morgan fingerprint density at radius 2 is 1.85 bits per heavy atom. The minimum absolute atomic E-state index is 0.0956. The molecule has 0 spiro atoms. The van der Waals surface area contributed by atoms with Crippen LogP contribution in [-0.4, -0.2) is 46.4 Å². The highest BCUT2D eigenvalue weighted by molar-refractivity contribution is 5.88. The maximum absolute atomic E-state index is 12.1. The van der Waals surface area contributed by atoms with Crippen molar-refractivity contribution in [3.63, 3.8) is 0 Å². The number of hydrogen-bond acceptors (Lipinski definition) is 6. The van der Waals surface area contributed by atoms with Gasteiger partial charge in [0, 0.05) is 6.42 Å². The van der Waals surface area contributed by atoms with Crippen LogP contribution in [0.25, 0.3) is 0 Å². The van der Waals surface area contributed by atoms with Gasteiger partial charge in [0.1, 0.15) is 5.60 Å². The van der Waals surface area contributed by atoms with E-state index in [0.29, 0.717) is 0 Å². The molecule has 150 valence electrons. The third kappa shape index (κ3) is 8.91. The van der Waals surface area contributed by atoms with Gasteiger partial charge in [-0.05, 0) is 38.8 Å². The van der Waals surface area contributed by atoms with Crippen molar-refractivity contribution >= 4 is 17.9 Å². The summed E-state index contributed by atoms with van der Waals surface area (Å²) < 4.78 is 5.22. The normalized spacial score (nSPS) is 14.2. The molecular weight excluding hydrogens is 354 g/mol. The smallest absolute Gasteiger partial charge is 0.408 e. The largest absolute Gasteiger partial charge is 0.479 e. The summed E-state index contributed by atoms with van der Waals surface area (Å²) >= 11 is 0. The molecule has 1 unspecified atom stereocenters. The Morgan fingerprint density at radius 3 is 2.33 bits per heavy atom. The molecule has 1 aromatic rings. The Hall–Kier alpha value is -2.81. The van der Waals surface area contributed by atoms with Gasteiger partial charge in [0.2, 0.25) is 6.61 Å². The van der Waals surface area contributed by atoms with Crippen molar-refractivity contribution in [1.29, 1.82) is 0 Å². The topological polar surface area (TPSA) is 143 Å². The predicted octanol–water partition coefficient (Wildman–Crippen LogP) is 1.55. The first kappa shape index (κ1) is 22.2. The summed E-state index contributed by atoms with van der Waals surface area (Å²) in [5, 5.41) is 24.3. The van der Waals surface area contributed by atoms with Crippen molar-refractivity contribution in [1.82, 2.24) is 5.32 Å². The predicted molar refractivity (Wildman–Crippen MR) is 99.1 cm³/mol. The second kappa shape index (κ2) is 9.77. The van der Waals surface area contributed by atoms with Crippen LogP contribution in [-0.2, 0) is 20.8 Å². The number of benzene rings is 1. The van der Waals surface area contributed by atoms with Crippen LogP contribution in [0.2, 0.25) is 0 Å². The van der Waals surface area contributed by atoms with Gasteiger partial charge in [-0.3, -0.25) is 0 Å². The zero-order valence-corrected chi connectivity index (χ0v) is 15.9. The van der Waals surface area contributed by atoms with Gasteiger partial charge < -0.3 is 30.8 Å². The van der Waals surface area contributed by atoms with E-state index in [-0.39, 0.29) is 12.3 Å². The number of amides is 1. The van der Waals surface area contributed by atoms with E-state index in [4.69, 9.17) is 15.6 Å². The lowest BCUT2D eigenvalue weighted by Crippen LogP contribution is -2.47. The fraction of sp³-hybridized carbons (Fsp3) is 0.500. The van der Waals surface area contributed by atoms with Crippen LogP contribution in [0.15, 0.2) is 29.4 Å². The number of carbonyl (C=O) groups is 2. The fourth-order valence-corrected chi connectivity index (χ4v) is 2.07. The van der Waals surface area contributed by atoms with E-state index in [9.17, 15) is 14.7 Å². The Kier molecular flexibility index (Phi) is 8.04. The standard InChI is InChI=1S/C18H27N3O6/c1-11(22)13-7-5-12(6-8-13)9-14(16(19)21-26-10-15(23)24)20-17(25)27-18(2,3)4/h5-8,11,14,22H,9-10H2,1-4H3,(H2,19,21)(H,20,25)(H,23,24)/t11?,14-/m0/s1. The van der Waals surface area contributed by atoms with Crippen LogP contribution in [0, 0.1) is 0 Å². The number of aliphatic hydroxyl groups excluding tert-OH is 1. The third-order valence-electron chi connectivity index (χ3n) is 3.31. The monoisotopic (exact) mass is 381 g/mol. The van der Waals surface area contributed by atoms with Gasteiger partial charge in [0.25, 0.3) is 0 Å². The number of carboxylic acid groups (broad SMARTS) is 1. The summed E-state index contributed by atoms with van der Waals surface area (Å²) in [7, 11) is 0. The molecule has 5 N–H and O–H groups in total. The van der Waals surface area contributed by atoms with Gasteiger partial charge in [0.15, 0.2) is 5.84 Å². The van der Waals surface area contributed by atoms with E-state index in [1.54, 1.807) is 52.0 Å². The van der Waals surface area contributed by atoms with Gasteiger partial charge in [-0.25, -0.2) is 9.59 Å². The van der Waals surface area contributed by atoms with Gasteiger partial charge >= 0.3 is 12.1 Å². The number of carboxylic acids is 1. The van der Waals surface area contributed by atoms with E-state index in [1.165, 1.54) is 0 Å². The van der Waals surface area contributed by atoms with Crippen LogP contribution in [0.3, 0.4) is 0 Å². The summed E-state index contributed by atoms with van der Waals surface area (Å²) in [6.45, 7) is 6.19. The summed E-state index contributed by atoms with van der Waals surface area (Å²) in [4.78, 5) is 27.2. The summed E-state index contributed by atoms with van der Waals surface area (Å²) in [6.07, 6.45) is -1.01. The van der Waals surface area contributed by atoms with Crippen molar-refractivity contribution in [2.24, 2.45) is 10.9 Å². The number of hydrogen-bond donors (Lipinski definition) is 4. The molecule has 0 saturated carbocycles. The van der Waals surface area contributed by atoms with Crippen LogP contribution in [0.5, 0.6) is 0 Å². The quantitative estimate of drug-likeness (QED) is 0.304. The first-order valence-electron chi connectivity index (χ1n) is 8.41. The van der Waals surface area contributed by atoms with Gasteiger partial charge in [-0.1, -0.05) is 29.4 Å². The number of nitrogens with two attached hydrogens (primary N) is 1. The molecule has 0 aliphatic rings. The van der Waals surface area contributed by atoms with Crippen molar-refractivity contribution in [2.45, 2.75) is 51.9 Å². The van der Waals surface area contributed by atoms with E-state index in [0.717, 1.165) is 11.1 Å². The second-order valence-electron chi connectivity index (χ2n) is 7.00. The zero-order valence-electron chi connectivity index (χ0n) is 15.9. The number of ether oxygens (including phenoxy) is 1. The lowest BCUT2D eigenvalue weighted by Gasteiger charge is -2.23. The Balaban J connectivity index is 2.91. The number of alkyl carbamates (subject to hydrolysis) is 1. The number of aliphatic carboxylic acids is 1. The summed E-state index contributed by atoms with van der Waals surface area (Å²) in [5.41, 5.74) is 6.74. The highest BCUT2D eigenvalue weighted by Gasteiger charge is 2.22. The van der Waals surface area contributed by atoms with Crippen LogP contribution < -0.4 is 11.1 Å². The Bertz CT molecular complexity index is 665. The molecule has 9 nitrogen and oxygen atoms in total. The number of nitrogens with one attached hydrogen (secondary N) is 1. The van der Waals surface area contributed by atoms with Crippen molar-refractivity contribution in [3.8, 4) is 0 Å². The second-order valence-corrected chi connectivity index (χ2v) is 7.00. The molecule has 2 atom stereocenters. The molecule has 0 heterocycles. The SMILES string of the molecule is CC(O)c1ccc(C[C@H](NC(=O)OC(C)(C)C)/C(N)=N/OCC(=O)O)cc1. The third-order valence-corrected chi connectivity index (χ3v) is 3.31. The molecule has 0 radical (unpaired) electrons. The Morgan fingerprint density at radius 1 is 1.26 bits per heavy atom. The minimum atomic E-state index is -1.20. The molecule has 0 aliphatic carbocycles. The maximum atomic E-state index is 12.1. The van der Waals surface area contributed by atoms with Crippen molar-refractivity contribution < 1.29 is 29.4 Å². The fourth-order valence-electron chi connectivity index (χ4n) is 2.07. The zero-order chi connectivity index (χ0) is 20.6. The van der Waals surface area contributed by atoms with Crippen molar-refractivity contribution in [2.75, 3.05) is 6.61 Å². The molecule has 1 aromatic carbocycles. The molecule has 9 heteroatoms.